The van der Waals surface area contributed by atoms with Gasteiger partial charge in [0.2, 0.25) is 10.0 Å². The monoisotopic (exact) mass is 383 g/mol. The van der Waals surface area contributed by atoms with Crippen LogP contribution in [0.2, 0.25) is 0 Å². The van der Waals surface area contributed by atoms with Gasteiger partial charge in [0, 0.05) is 37.7 Å². The molecule has 2 bridgehead atoms. The Morgan fingerprint density at radius 3 is 2.56 bits per heavy atom. The first-order chi connectivity index (χ1) is 11.5. The lowest BCUT2D eigenvalue weighted by molar-refractivity contribution is 0.383. The van der Waals surface area contributed by atoms with Gasteiger partial charge in [-0.25, -0.2) is 13.4 Å². The average molecular weight is 384 g/mol. The number of fused-ring (bicyclic) bond motifs is 2. The summed E-state index contributed by atoms with van der Waals surface area (Å²) in [5.41, 5.74) is 1.56. The molecule has 0 amide bonds. The van der Waals surface area contributed by atoms with Crippen molar-refractivity contribution in [3.63, 3.8) is 0 Å². The molecule has 0 radical (unpaired) electrons. The molecule has 2 fully saturated rings. The number of nitrogens with one attached hydrogen (secondary N) is 1. The number of aromatic nitrogens is 1. The van der Waals surface area contributed by atoms with E-state index in [0.717, 1.165) is 24.8 Å². The summed E-state index contributed by atoms with van der Waals surface area (Å²) in [6.45, 7) is 2.92. The minimum atomic E-state index is -3.45. The van der Waals surface area contributed by atoms with Crippen LogP contribution in [0.25, 0.3) is 11.3 Å². The second kappa shape index (κ2) is 7.07. The Bertz CT molecular complexity index is 835. The van der Waals surface area contributed by atoms with E-state index in [1.165, 1.54) is 0 Å². The second-order valence-electron chi connectivity index (χ2n) is 6.57. The fourth-order valence-corrected chi connectivity index (χ4v) is 5.07. The molecule has 6 nitrogen and oxygen atoms in total. The quantitative estimate of drug-likeness (QED) is 0.881. The van der Waals surface area contributed by atoms with Crippen molar-refractivity contribution in [3.05, 3.63) is 36.4 Å². The highest BCUT2D eigenvalue weighted by Crippen LogP contribution is 2.26. The number of oxazole rings is 1. The molecule has 2 aliphatic rings. The molecule has 2 aliphatic heterocycles. The zero-order valence-electron chi connectivity index (χ0n) is 14.0. The lowest BCUT2D eigenvalue weighted by atomic mass is 10.1. The fourth-order valence-electron chi connectivity index (χ4n) is 3.57. The zero-order valence-corrected chi connectivity index (χ0v) is 15.6. The van der Waals surface area contributed by atoms with Crippen molar-refractivity contribution >= 4 is 22.4 Å². The summed E-state index contributed by atoms with van der Waals surface area (Å²) in [7, 11) is -3.45. The van der Waals surface area contributed by atoms with E-state index in [1.54, 1.807) is 41.8 Å². The predicted molar refractivity (Wildman–Crippen MR) is 97.2 cm³/mol. The van der Waals surface area contributed by atoms with Crippen molar-refractivity contribution < 1.29 is 12.8 Å². The normalized spacial score (nSPS) is 23.9. The number of benzene rings is 1. The third-order valence-corrected chi connectivity index (χ3v) is 6.77. The van der Waals surface area contributed by atoms with Gasteiger partial charge in [0.15, 0.2) is 5.89 Å². The van der Waals surface area contributed by atoms with Gasteiger partial charge in [-0.05, 0) is 31.4 Å². The summed E-state index contributed by atoms with van der Waals surface area (Å²) < 4.78 is 32.7. The molecule has 1 aromatic heterocycles. The summed E-state index contributed by atoms with van der Waals surface area (Å²) in [5, 5.41) is 3.51. The van der Waals surface area contributed by atoms with Gasteiger partial charge in [-0.15, -0.1) is 12.4 Å². The number of nitrogens with zero attached hydrogens (tertiary/aromatic N) is 2. The van der Waals surface area contributed by atoms with Crippen LogP contribution in [-0.2, 0) is 10.0 Å². The van der Waals surface area contributed by atoms with Crippen LogP contribution in [0.1, 0.15) is 25.2 Å². The molecule has 4 rings (SSSR count). The lowest BCUT2D eigenvalue weighted by Gasteiger charge is -2.23. The summed E-state index contributed by atoms with van der Waals surface area (Å²) in [4.78, 5) is 4.60. The number of aryl methyl sites for hydroxylation is 1. The van der Waals surface area contributed by atoms with Crippen molar-refractivity contribution in [2.45, 2.75) is 43.2 Å². The van der Waals surface area contributed by atoms with Crippen LogP contribution in [0.3, 0.4) is 0 Å². The molecule has 0 spiro atoms. The molecule has 2 saturated heterocycles. The largest absolute Gasteiger partial charge is 0.449 e. The maximum Gasteiger partial charge on any atom is 0.243 e. The van der Waals surface area contributed by atoms with Gasteiger partial charge >= 0.3 is 0 Å². The summed E-state index contributed by atoms with van der Waals surface area (Å²) in [5.74, 6) is 0.591. The van der Waals surface area contributed by atoms with Gasteiger partial charge in [-0.3, -0.25) is 0 Å². The number of sulfonamides is 1. The Kier molecular flexibility index (Phi) is 5.20. The molecule has 136 valence electrons. The Hall–Kier alpha value is -1.41. The Balaban J connectivity index is 0.00000182. The van der Waals surface area contributed by atoms with Gasteiger partial charge in [-0.1, -0.05) is 12.1 Å². The van der Waals surface area contributed by atoms with E-state index in [9.17, 15) is 8.42 Å². The molecule has 2 aromatic rings. The van der Waals surface area contributed by atoms with Crippen molar-refractivity contribution in [1.29, 1.82) is 0 Å². The van der Waals surface area contributed by atoms with Gasteiger partial charge < -0.3 is 9.73 Å². The van der Waals surface area contributed by atoms with Crippen molar-refractivity contribution in [3.8, 4) is 11.3 Å². The number of hydrogen-bond acceptors (Lipinski definition) is 5. The third kappa shape index (κ3) is 3.60. The maximum atomic E-state index is 12.9. The highest BCUT2D eigenvalue weighted by Gasteiger charge is 2.34. The van der Waals surface area contributed by atoms with Crippen LogP contribution in [0.5, 0.6) is 0 Å². The van der Waals surface area contributed by atoms with Gasteiger partial charge in [-0.2, -0.15) is 4.31 Å². The van der Waals surface area contributed by atoms with Gasteiger partial charge in [0.1, 0.15) is 12.0 Å². The second-order valence-corrected chi connectivity index (χ2v) is 8.50. The molecule has 1 N–H and O–H groups in total. The molecule has 3 heterocycles. The van der Waals surface area contributed by atoms with E-state index in [0.29, 0.717) is 35.6 Å². The topological polar surface area (TPSA) is 75.4 Å². The zero-order chi connectivity index (χ0) is 16.7. The van der Waals surface area contributed by atoms with Crippen molar-refractivity contribution in [2.75, 3.05) is 13.1 Å². The van der Waals surface area contributed by atoms with Crippen LogP contribution in [0.4, 0.5) is 0 Å². The molecule has 2 unspecified atom stereocenters. The molecule has 25 heavy (non-hydrogen) atoms. The summed E-state index contributed by atoms with van der Waals surface area (Å²) in [6, 6.07) is 7.63. The van der Waals surface area contributed by atoms with Crippen LogP contribution < -0.4 is 5.32 Å². The first kappa shape index (κ1) is 18.4. The summed E-state index contributed by atoms with van der Waals surface area (Å²) >= 11 is 0. The minimum absolute atomic E-state index is 0. The average Bonchev–Trinajstić information content (AvgIpc) is 3.12. The van der Waals surface area contributed by atoms with Crippen LogP contribution in [-0.4, -0.2) is 42.9 Å². The lowest BCUT2D eigenvalue weighted by Crippen LogP contribution is -2.39. The predicted octanol–water partition coefficient (Wildman–Crippen LogP) is 2.59. The van der Waals surface area contributed by atoms with Crippen LogP contribution in [0.15, 0.2) is 39.8 Å². The molecule has 1 aromatic carbocycles. The first-order valence-corrected chi connectivity index (χ1v) is 9.75. The Morgan fingerprint density at radius 1 is 1.16 bits per heavy atom. The van der Waals surface area contributed by atoms with Crippen LogP contribution in [0, 0.1) is 6.92 Å². The first-order valence-electron chi connectivity index (χ1n) is 8.31. The van der Waals surface area contributed by atoms with Crippen molar-refractivity contribution in [2.24, 2.45) is 0 Å². The fraction of sp³-hybridized carbons (Fsp3) is 0.471. The van der Waals surface area contributed by atoms with E-state index in [1.807, 2.05) is 0 Å². The molecular formula is C17H22ClN3O3S. The number of halogens is 1. The number of rotatable bonds is 3. The Labute approximate surface area is 154 Å². The molecule has 2 atom stereocenters. The van der Waals surface area contributed by atoms with E-state index in [2.05, 4.69) is 10.3 Å². The van der Waals surface area contributed by atoms with Crippen LogP contribution >= 0.6 is 12.4 Å². The standard InChI is InChI=1S/C17H21N3O3S.ClH/c1-12-18-17(11-23-12)13-2-6-16(7-3-13)24(21,22)20-9-8-14-4-5-15(10-20)19-14;/h2-3,6-7,11,14-15,19H,4-5,8-10H2,1H3;1H. The molecule has 0 aliphatic carbocycles. The van der Waals surface area contributed by atoms with Crippen molar-refractivity contribution in [1.82, 2.24) is 14.6 Å². The molecule has 8 heteroatoms. The summed E-state index contributed by atoms with van der Waals surface area (Å²) in [6.07, 6.45) is 4.67. The van der Waals surface area contributed by atoms with E-state index in [-0.39, 0.29) is 18.4 Å². The third-order valence-electron chi connectivity index (χ3n) is 4.89. The number of hydrogen-bond donors (Lipinski definition) is 1. The highest BCUT2D eigenvalue weighted by atomic mass is 35.5. The maximum absolute atomic E-state index is 12.9. The van der Waals surface area contributed by atoms with Gasteiger partial charge in [0.05, 0.1) is 4.90 Å². The molecular weight excluding hydrogens is 362 g/mol. The smallest absolute Gasteiger partial charge is 0.243 e. The van der Waals surface area contributed by atoms with Gasteiger partial charge in [0.25, 0.3) is 0 Å². The Morgan fingerprint density at radius 2 is 1.88 bits per heavy atom. The highest BCUT2D eigenvalue weighted by molar-refractivity contribution is 7.89. The van der Waals surface area contributed by atoms with E-state index < -0.39 is 10.0 Å². The van der Waals surface area contributed by atoms with E-state index >= 15 is 0 Å². The molecule has 0 saturated carbocycles. The van der Waals surface area contributed by atoms with E-state index in [4.69, 9.17) is 4.42 Å². The SMILES string of the molecule is Cc1nc(-c2ccc(S(=O)(=O)N3CCC4CCC(C3)N4)cc2)co1.Cl. The minimum Gasteiger partial charge on any atom is -0.449 e.